The van der Waals surface area contributed by atoms with E-state index in [1.54, 1.807) is 0 Å². The molecule has 0 saturated carbocycles. The second kappa shape index (κ2) is 8.34. The van der Waals surface area contributed by atoms with E-state index in [0.717, 1.165) is 32.4 Å². The summed E-state index contributed by atoms with van der Waals surface area (Å²) in [5.74, 6) is -0.239. The third-order valence-corrected chi connectivity index (χ3v) is 8.69. The van der Waals surface area contributed by atoms with Gasteiger partial charge in [0, 0.05) is 26.2 Å². The molecule has 1 aromatic carbocycles. The van der Waals surface area contributed by atoms with E-state index in [0.29, 0.717) is 10.9 Å². The molecule has 0 atom stereocenters. The Morgan fingerprint density at radius 1 is 1.06 bits per heavy atom. The van der Waals surface area contributed by atoms with E-state index in [1.807, 2.05) is 17.5 Å². The van der Waals surface area contributed by atoms with E-state index in [-0.39, 0.29) is 32.1 Å². The van der Waals surface area contributed by atoms with Crippen LogP contribution in [0.15, 0.2) is 52.9 Å². The van der Waals surface area contributed by atoms with Gasteiger partial charge in [-0.15, -0.1) is 22.7 Å². The Balaban J connectivity index is 1.44. The number of thiazole rings is 1. The van der Waals surface area contributed by atoms with Crippen molar-refractivity contribution in [1.29, 1.82) is 0 Å². The number of rotatable bonds is 4. The molecule has 1 amide bonds. The fourth-order valence-electron chi connectivity index (χ4n) is 3.16. The largest absolute Gasteiger partial charge is 0.416 e. The van der Waals surface area contributed by atoms with Crippen LogP contribution in [0.2, 0.25) is 0 Å². The highest BCUT2D eigenvalue weighted by Gasteiger charge is 2.34. The molecule has 0 aliphatic carbocycles. The summed E-state index contributed by atoms with van der Waals surface area (Å²) < 4.78 is 65.5. The predicted molar refractivity (Wildman–Crippen MR) is 112 cm³/mol. The highest BCUT2D eigenvalue weighted by atomic mass is 32.2. The number of amides is 1. The Labute approximate surface area is 184 Å². The van der Waals surface area contributed by atoms with Crippen LogP contribution < -0.4 is 0 Å². The number of hydrogen-bond donors (Lipinski definition) is 0. The van der Waals surface area contributed by atoms with Gasteiger partial charge in [-0.3, -0.25) is 4.79 Å². The first-order valence-electron chi connectivity index (χ1n) is 9.12. The lowest BCUT2D eigenvalue weighted by Gasteiger charge is -2.33. The number of piperazine rings is 1. The maximum Gasteiger partial charge on any atom is 0.416 e. The molecule has 12 heteroatoms. The van der Waals surface area contributed by atoms with Gasteiger partial charge in [-0.25, -0.2) is 13.4 Å². The molecule has 1 aliphatic rings. The summed E-state index contributed by atoms with van der Waals surface area (Å²) in [5, 5.41) is 2.66. The number of benzene rings is 1. The van der Waals surface area contributed by atoms with Crippen molar-refractivity contribution in [2.75, 3.05) is 26.2 Å². The minimum absolute atomic E-state index is 0.000897. The van der Waals surface area contributed by atoms with Crippen molar-refractivity contribution in [1.82, 2.24) is 14.2 Å². The van der Waals surface area contributed by atoms with Crippen LogP contribution >= 0.6 is 22.7 Å². The van der Waals surface area contributed by atoms with E-state index in [2.05, 4.69) is 4.98 Å². The molecule has 1 fully saturated rings. The van der Waals surface area contributed by atoms with E-state index in [1.165, 1.54) is 33.8 Å². The quantitative estimate of drug-likeness (QED) is 0.557. The second-order valence-electron chi connectivity index (χ2n) is 6.73. The number of aromatic nitrogens is 1. The van der Waals surface area contributed by atoms with Crippen molar-refractivity contribution in [3.8, 4) is 9.88 Å². The molecule has 31 heavy (non-hydrogen) atoms. The molecular formula is C19H16F3N3O3S3. The van der Waals surface area contributed by atoms with Gasteiger partial charge < -0.3 is 4.90 Å². The number of thiophene rings is 1. The van der Waals surface area contributed by atoms with Crippen LogP contribution in [0.1, 0.15) is 15.2 Å². The maximum absolute atomic E-state index is 12.9. The fraction of sp³-hybridized carbons (Fsp3) is 0.263. The predicted octanol–water partition coefficient (Wildman–Crippen LogP) is 4.04. The lowest BCUT2D eigenvalue weighted by molar-refractivity contribution is -0.137. The van der Waals surface area contributed by atoms with Crippen molar-refractivity contribution in [3.05, 3.63) is 58.4 Å². The monoisotopic (exact) mass is 487 g/mol. The molecule has 1 aliphatic heterocycles. The molecule has 0 unspecified atom stereocenters. The first-order valence-corrected chi connectivity index (χ1v) is 12.3. The summed E-state index contributed by atoms with van der Waals surface area (Å²) >= 11 is 2.79. The minimum Gasteiger partial charge on any atom is -0.335 e. The zero-order valence-electron chi connectivity index (χ0n) is 15.9. The highest BCUT2D eigenvalue weighted by molar-refractivity contribution is 7.89. The summed E-state index contributed by atoms with van der Waals surface area (Å²) in [5.41, 5.74) is -1.02. The van der Waals surface area contributed by atoms with Gasteiger partial charge in [-0.2, -0.15) is 17.5 Å². The van der Waals surface area contributed by atoms with Crippen LogP contribution in [0.5, 0.6) is 0 Å². The number of halogens is 3. The number of carbonyl (C=O) groups excluding carboxylic acids is 1. The number of hydrogen-bond acceptors (Lipinski definition) is 6. The minimum atomic E-state index is -4.63. The topological polar surface area (TPSA) is 70.6 Å². The van der Waals surface area contributed by atoms with E-state index in [4.69, 9.17) is 0 Å². The van der Waals surface area contributed by atoms with Gasteiger partial charge >= 0.3 is 6.18 Å². The van der Waals surface area contributed by atoms with Gasteiger partial charge in [0.25, 0.3) is 5.91 Å². The van der Waals surface area contributed by atoms with E-state index >= 15 is 0 Å². The summed E-state index contributed by atoms with van der Waals surface area (Å²) in [4.78, 5) is 19.6. The first-order chi connectivity index (χ1) is 14.7. The molecule has 2 aromatic heterocycles. The normalized spacial score (nSPS) is 15.9. The lowest BCUT2D eigenvalue weighted by atomic mass is 10.2. The standard InChI is InChI=1S/C19H16F3N3O3S3/c20-19(21,22)13-3-1-4-14(11-13)31(27,28)25-8-6-24(7-9-25)18(26)16-12-23-17(30-16)15-5-2-10-29-15/h1-5,10-12H,6-9H2. The Hall–Kier alpha value is -2.28. The van der Waals surface area contributed by atoms with Crippen LogP contribution in [0.25, 0.3) is 9.88 Å². The molecule has 164 valence electrons. The summed E-state index contributed by atoms with van der Waals surface area (Å²) in [6, 6.07) is 7.49. The van der Waals surface area contributed by atoms with Crippen molar-refractivity contribution in [2.24, 2.45) is 0 Å². The van der Waals surface area contributed by atoms with Gasteiger partial charge in [-0.05, 0) is 29.6 Å². The van der Waals surface area contributed by atoms with Crippen LogP contribution in [0, 0.1) is 0 Å². The van der Waals surface area contributed by atoms with Crippen molar-refractivity contribution in [3.63, 3.8) is 0 Å². The van der Waals surface area contributed by atoms with Crippen molar-refractivity contribution >= 4 is 38.6 Å². The van der Waals surface area contributed by atoms with E-state index < -0.39 is 26.7 Å². The average Bonchev–Trinajstić information content (AvgIpc) is 3.45. The summed E-state index contributed by atoms with van der Waals surface area (Å²) in [6.45, 7) is 0.286. The molecule has 4 rings (SSSR count). The summed E-state index contributed by atoms with van der Waals surface area (Å²) in [6.07, 6.45) is -3.12. The van der Waals surface area contributed by atoms with E-state index in [9.17, 15) is 26.4 Å². The third kappa shape index (κ3) is 4.52. The first kappa shape index (κ1) is 21.9. The zero-order valence-corrected chi connectivity index (χ0v) is 18.3. The highest BCUT2D eigenvalue weighted by Crippen LogP contribution is 2.32. The van der Waals surface area contributed by atoms with Gasteiger partial charge in [-0.1, -0.05) is 12.1 Å². The molecular weight excluding hydrogens is 471 g/mol. The molecule has 0 N–H and O–H groups in total. The lowest BCUT2D eigenvalue weighted by Crippen LogP contribution is -2.50. The van der Waals surface area contributed by atoms with Crippen molar-refractivity contribution in [2.45, 2.75) is 11.1 Å². The molecule has 0 spiro atoms. The van der Waals surface area contributed by atoms with Crippen molar-refractivity contribution < 1.29 is 26.4 Å². The van der Waals surface area contributed by atoms with Crippen LogP contribution in [-0.4, -0.2) is 54.7 Å². The SMILES string of the molecule is O=C(c1cnc(-c2cccs2)s1)N1CCN(S(=O)(=O)c2cccc(C(F)(F)F)c2)CC1. The molecule has 3 heterocycles. The third-order valence-electron chi connectivity index (χ3n) is 4.77. The number of sulfonamides is 1. The molecule has 6 nitrogen and oxygen atoms in total. The van der Waals surface area contributed by atoms with Gasteiger partial charge in [0.15, 0.2) is 0 Å². The Morgan fingerprint density at radius 3 is 2.45 bits per heavy atom. The van der Waals surface area contributed by atoms with Gasteiger partial charge in [0.1, 0.15) is 9.88 Å². The number of carbonyl (C=O) groups is 1. The fourth-order valence-corrected chi connectivity index (χ4v) is 6.31. The maximum atomic E-state index is 12.9. The second-order valence-corrected chi connectivity index (χ2v) is 10.6. The molecule has 0 bridgehead atoms. The molecule has 1 saturated heterocycles. The average molecular weight is 488 g/mol. The number of nitrogens with zero attached hydrogens (tertiary/aromatic N) is 3. The van der Waals surface area contributed by atoms with Gasteiger partial charge in [0.05, 0.1) is 21.5 Å². The van der Waals surface area contributed by atoms with Crippen LogP contribution in [0.3, 0.4) is 0 Å². The molecule has 3 aromatic rings. The van der Waals surface area contributed by atoms with Crippen LogP contribution in [-0.2, 0) is 16.2 Å². The summed E-state index contributed by atoms with van der Waals surface area (Å²) in [7, 11) is -4.10. The smallest absolute Gasteiger partial charge is 0.335 e. The zero-order chi connectivity index (χ0) is 22.2. The Kier molecular flexibility index (Phi) is 5.90. The number of alkyl halides is 3. The molecule has 0 radical (unpaired) electrons. The van der Waals surface area contributed by atoms with Crippen LogP contribution in [0.4, 0.5) is 13.2 Å². The Bertz CT molecular complexity index is 1180. The van der Waals surface area contributed by atoms with Gasteiger partial charge in [0.2, 0.25) is 10.0 Å². The Morgan fingerprint density at radius 2 is 1.81 bits per heavy atom.